The van der Waals surface area contributed by atoms with Crippen molar-refractivity contribution in [2.45, 2.75) is 25.7 Å². The van der Waals surface area contributed by atoms with Crippen LogP contribution in [0.5, 0.6) is 0 Å². The van der Waals surface area contributed by atoms with E-state index in [4.69, 9.17) is 0 Å². The third-order valence-corrected chi connectivity index (χ3v) is 2.28. The number of hydrogen-bond donors (Lipinski definition) is 1. The zero-order valence-electron chi connectivity index (χ0n) is 6.71. The van der Waals surface area contributed by atoms with E-state index in [0.29, 0.717) is 5.76 Å². The van der Waals surface area contributed by atoms with Gasteiger partial charge in [-0.1, -0.05) is 6.08 Å². The monoisotopic (exact) mass is 170 g/mol. The molecule has 1 aliphatic carbocycles. The maximum atomic E-state index is 9.38. The Morgan fingerprint density at radius 2 is 2.09 bits per heavy atom. The fraction of sp³-hybridized carbons (Fsp3) is 0.556. The highest BCUT2D eigenvalue weighted by atomic mass is 31.0. The molecule has 0 amide bonds. The van der Waals surface area contributed by atoms with E-state index in [0.717, 1.165) is 37.4 Å². The number of aliphatic hydroxyl groups excluding tert-OH is 1. The summed E-state index contributed by atoms with van der Waals surface area (Å²) >= 11 is 0. The van der Waals surface area contributed by atoms with Crippen molar-refractivity contribution in [3.8, 4) is 0 Å². The van der Waals surface area contributed by atoms with E-state index in [1.165, 1.54) is 0 Å². The molecule has 1 N–H and O–H groups in total. The molecule has 0 aromatic heterocycles. The number of rotatable bonds is 3. The Labute approximate surface area is 70.4 Å². The summed E-state index contributed by atoms with van der Waals surface area (Å²) in [6.07, 6.45) is 9.44. The molecule has 0 spiro atoms. The quantitative estimate of drug-likeness (QED) is 0.646. The van der Waals surface area contributed by atoms with E-state index >= 15 is 0 Å². The first-order chi connectivity index (χ1) is 5.34. The summed E-state index contributed by atoms with van der Waals surface area (Å²) in [7, 11) is 2.70. The Morgan fingerprint density at radius 1 is 1.36 bits per heavy atom. The first-order valence-electron chi connectivity index (χ1n) is 4.13. The lowest BCUT2D eigenvalue weighted by molar-refractivity contribution is 0.412. The molecule has 0 aliphatic heterocycles. The van der Waals surface area contributed by atoms with E-state index in [-0.39, 0.29) is 0 Å². The predicted molar refractivity (Wildman–Crippen MR) is 51.8 cm³/mol. The van der Waals surface area contributed by atoms with Gasteiger partial charge in [0.2, 0.25) is 0 Å². The van der Waals surface area contributed by atoms with Gasteiger partial charge in [0.1, 0.15) is 5.76 Å². The molecule has 0 fully saturated rings. The first-order valence-corrected chi connectivity index (χ1v) is 4.95. The predicted octanol–water partition coefficient (Wildman–Crippen LogP) is 2.80. The minimum Gasteiger partial charge on any atom is -0.508 e. The van der Waals surface area contributed by atoms with Gasteiger partial charge < -0.3 is 5.11 Å². The second-order valence-electron chi connectivity index (χ2n) is 2.79. The van der Waals surface area contributed by atoms with Crippen LogP contribution in [0, 0.1) is 0 Å². The van der Waals surface area contributed by atoms with Crippen molar-refractivity contribution in [1.29, 1.82) is 0 Å². The molecule has 62 valence electrons. The van der Waals surface area contributed by atoms with Crippen LogP contribution < -0.4 is 0 Å². The second-order valence-corrected chi connectivity index (χ2v) is 3.37. The van der Waals surface area contributed by atoms with Gasteiger partial charge in [-0.25, -0.2) is 0 Å². The van der Waals surface area contributed by atoms with Crippen LogP contribution in [-0.2, 0) is 0 Å². The zero-order chi connectivity index (χ0) is 8.10. The minimum absolute atomic E-state index is 0.509. The van der Waals surface area contributed by atoms with Crippen molar-refractivity contribution in [3.63, 3.8) is 0 Å². The first kappa shape index (κ1) is 8.80. The van der Waals surface area contributed by atoms with E-state index < -0.39 is 0 Å². The molecule has 0 saturated carbocycles. The third-order valence-electron chi connectivity index (χ3n) is 1.87. The Bertz CT molecular complexity index is 182. The van der Waals surface area contributed by atoms with Crippen LogP contribution in [0.3, 0.4) is 0 Å². The van der Waals surface area contributed by atoms with Gasteiger partial charge in [0, 0.05) is 0 Å². The van der Waals surface area contributed by atoms with E-state index in [9.17, 15) is 5.11 Å². The fourth-order valence-corrected chi connectivity index (χ4v) is 1.44. The van der Waals surface area contributed by atoms with Gasteiger partial charge in [-0.15, -0.1) is 9.24 Å². The van der Waals surface area contributed by atoms with Crippen molar-refractivity contribution in [1.82, 2.24) is 0 Å². The minimum atomic E-state index is 0.509. The van der Waals surface area contributed by atoms with Crippen molar-refractivity contribution in [2.24, 2.45) is 0 Å². The average molecular weight is 170 g/mol. The zero-order valence-corrected chi connectivity index (χ0v) is 7.87. The molecule has 0 radical (unpaired) electrons. The topological polar surface area (TPSA) is 20.2 Å². The van der Waals surface area contributed by atoms with Crippen molar-refractivity contribution in [2.75, 3.05) is 6.16 Å². The molecule has 0 bridgehead atoms. The lowest BCUT2D eigenvalue weighted by Gasteiger charge is -2.09. The van der Waals surface area contributed by atoms with Gasteiger partial charge in [0.15, 0.2) is 0 Å². The Hall–Kier alpha value is -0.290. The standard InChI is InChI=1S/C9H15OP/c10-9-6-2-1-4-8(9)5-3-7-11/h4,6,10H,1-3,5,7,11H2. The highest BCUT2D eigenvalue weighted by Gasteiger charge is 2.05. The van der Waals surface area contributed by atoms with Gasteiger partial charge >= 0.3 is 0 Å². The Kier molecular flexibility index (Phi) is 3.65. The smallest absolute Gasteiger partial charge is 0.114 e. The largest absolute Gasteiger partial charge is 0.508 e. The third kappa shape index (κ3) is 2.67. The molecule has 0 aromatic rings. The van der Waals surface area contributed by atoms with Crippen LogP contribution in [0.4, 0.5) is 0 Å². The molecule has 0 aromatic carbocycles. The van der Waals surface area contributed by atoms with Gasteiger partial charge in [0.05, 0.1) is 0 Å². The van der Waals surface area contributed by atoms with Crippen LogP contribution in [-0.4, -0.2) is 11.3 Å². The summed E-state index contributed by atoms with van der Waals surface area (Å²) in [5.41, 5.74) is 1.14. The maximum Gasteiger partial charge on any atom is 0.114 e. The summed E-state index contributed by atoms with van der Waals surface area (Å²) < 4.78 is 0. The Balaban J connectivity index is 2.43. The average Bonchev–Trinajstić information content (AvgIpc) is 2.03. The molecule has 0 heterocycles. The normalized spacial score (nSPS) is 17.5. The molecule has 0 saturated heterocycles. The summed E-state index contributed by atoms with van der Waals surface area (Å²) in [6.45, 7) is 0. The van der Waals surface area contributed by atoms with Gasteiger partial charge in [0.25, 0.3) is 0 Å². The van der Waals surface area contributed by atoms with E-state index in [1.807, 2.05) is 6.08 Å². The van der Waals surface area contributed by atoms with E-state index in [1.54, 1.807) is 0 Å². The van der Waals surface area contributed by atoms with Crippen LogP contribution in [0.1, 0.15) is 25.7 Å². The molecule has 1 aliphatic rings. The lowest BCUT2D eigenvalue weighted by atomic mass is 10.0. The summed E-state index contributed by atoms with van der Waals surface area (Å²) in [5, 5.41) is 9.38. The van der Waals surface area contributed by atoms with Crippen LogP contribution >= 0.6 is 9.24 Å². The maximum absolute atomic E-state index is 9.38. The van der Waals surface area contributed by atoms with Gasteiger partial charge in [-0.05, 0) is 43.5 Å². The van der Waals surface area contributed by atoms with Crippen molar-refractivity contribution in [3.05, 3.63) is 23.5 Å². The van der Waals surface area contributed by atoms with Crippen molar-refractivity contribution < 1.29 is 5.11 Å². The molecular weight excluding hydrogens is 155 g/mol. The summed E-state index contributed by atoms with van der Waals surface area (Å²) in [6, 6.07) is 0. The van der Waals surface area contributed by atoms with Gasteiger partial charge in [-0.2, -0.15) is 0 Å². The Morgan fingerprint density at radius 3 is 2.73 bits per heavy atom. The SMILES string of the molecule is OC1=CCCC=C1CCCP. The number of aliphatic hydroxyl groups is 1. The molecule has 1 rings (SSSR count). The molecule has 11 heavy (non-hydrogen) atoms. The lowest BCUT2D eigenvalue weighted by Crippen LogP contribution is -1.94. The van der Waals surface area contributed by atoms with Crippen LogP contribution in [0.15, 0.2) is 23.5 Å². The number of hydrogen-bond acceptors (Lipinski definition) is 1. The second kappa shape index (κ2) is 4.56. The summed E-state index contributed by atoms with van der Waals surface area (Å²) in [5.74, 6) is 0.509. The highest BCUT2D eigenvalue weighted by molar-refractivity contribution is 7.16. The number of allylic oxidation sites excluding steroid dienone is 3. The molecule has 1 atom stereocenters. The fourth-order valence-electron chi connectivity index (χ4n) is 1.24. The van der Waals surface area contributed by atoms with Crippen LogP contribution in [0.25, 0.3) is 0 Å². The van der Waals surface area contributed by atoms with Crippen LogP contribution in [0.2, 0.25) is 0 Å². The molecular formula is C9H15OP. The van der Waals surface area contributed by atoms with Gasteiger partial charge in [-0.3, -0.25) is 0 Å². The molecule has 1 nitrogen and oxygen atoms in total. The van der Waals surface area contributed by atoms with E-state index in [2.05, 4.69) is 15.3 Å². The molecule has 1 unspecified atom stereocenters. The van der Waals surface area contributed by atoms with Crippen molar-refractivity contribution >= 4 is 9.24 Å². The molecule has 2 heteroatoms. The highest BCUT2D eigenvalue weighted by Crippen LogP contribution is 2.20. The summed E-state index contributed by atoms with van der Waals surface area (Å²) in [4.78, 5) is 0.